The quantitative estimate of drug-likeness (QED) is 0.401. The summed E-state index contributed by atoms with van der Waals surface area (Å²) >= 11 is 6.41. The van der Waals surface area contributed by atoms with E-state index in [1.807, 2.05) is 19.9 Å². The molecule has 2 aromatic rings. The highest BCUT2D eigenvalue weighted by Crippen LogP contribution is 2.25. The van der Waals surface area contributed by atoms with Crippen LogP contribution in [-0.2, 0) is 26.2 Å². The van der Waals surface area contributed by atoms with Crippen LogP contribution in [0.3, 0.4) is 0 Å². The number of carbonyl (C=O) groups is 2. The number of ether oxygens (including phenoxy) is 1. The molecule has 0 bridgehead atoms. The lowest BCUT2D eigenvalue weighted by atomic mass is 9.95. The van der Waals surface area contributed by atoms with E-state index in [0.717, 1.165) is 42.7 Å². The fourth-order valence-electron chi connectivity index (χ4n) is 4.76. The molecular formula is C28H38ClN3O5S. The van der Waals surface area contributed by atoms with E-state index in [0.29, 0.717) is 35.1 Å². The van der Waals surface area contributed by atoms with Crippen LogP contribution in [-0.4, -0.2) is 56.6 Å². The van der Waals surface area contributed by atoms with E-state index < -0.39 is 28.5 Å². The fourth-order valence-corrected chi connectivity index (χ4v) is 5.81. The van der Waals surface area contributed by atoms with Crippen LogP contribution in [0.5, 0.6) is 5.75 Å². The molecule has 3 rings (SSSR count). The van der Waals surface area contributed by atoms with Gasteiger partial charge in [-0.15, -0.1) is 0 Å². The van der Waals surface area contributed by atoms with Crippen molar-refractivity contribution in [2.45, 2.75) is 71.0 Å². The summed E-state index contributed by atoms with van der Waals surface area (Å²) < 4.78 is 32.1. The number of hydrogen-bond acceptors (Lipinski definition) is 5. The molecule has 38 heavy (non-hydrogen) atoms. The Hall–Kier alpha value is -2.78. The maximum Gasteiger partial charge on any atom is 0.244 e. The Morgan fingerprint density at radius 2 is 1.71 bits per heavy atom. The van der Waals surface area contributed by atoms with Crippen molar-refractivity contribution in [3.05, 3.63) is 59.1 Å². The van der Waals surface area contributed by atoms with Gasteiger partial charge in [0.2, 0.25) is 21.8 Å². The molecule has 0 radical (unpaired) electrons. The fraction of sp³-hybridized carbons (Fsp3) is 0.500. The molecule has 2 amide bonds. The summed E-state index contributed by atoms with van der Waals surface area (Å²) in [6.07, 6.45) is 6.55. The molecule has 0 saturated heterocycles. The normalized spacial score (nSPS) is 14.9. The summed E-state index contributed by atoms with van der Waals surface area (Å²) in [5.74, 6) is -0.122. The van der Waals surface area contributed by atoms with Gasteiger partial charge in [0.1, 0.15) is 18.3 Å². The number of anilines is 1. The molecule has 208 valence electrons. The highest BCUT2D eigenvalue weighted by atomic mass is 35.5. The maximum absolute atomic E-state index is 13.8. The van der Waals surface area contributed by atoms with Crippen LogP contribution in [0.4, 0.5) is 5.69 Å². The molecule has 2 aromatic carbocycles. The van der Waals surface area contributed by atoms with Crippen LogP contribution in [0, 0.1) is 0 Å². The van der Waals surface area contributed by atoms with Gasteiger partial charge < -0.3 is 15.0 Å². The maximum atomic E-state index is 13.8. The lowest BCUT2D eigenvalue weighted by molar-refractivity contribution is -0.140. The van der Waals surface area contributed by atoms with Crippen molar-refractivity contribution in [2.75, 3.05) is 23.7 Å². The zero-order valence-electron chi connectivity index (χ0n) is 22.4. The number of amides is 2. The molecule has 0 heterocycles. The average molecular weight is 564 g/mol. The van der Waals surface area contributed by atoms with Crippen LogP contribution >= 0.6 is 11.6 Å². The Morgan fingerprint density at radius 1 is 1.05 bits per heavy atom. The van der Waals surface area contributed by atoms with Crippen molar-refractivity contribution >= 4 is 39.1 Å². The van der Waals surface area contributed by atoms with Crippen molar-refractivity contribution in [3.63, 3.8) is 0 Å². The summed E-state index contributed by atoms with van der Waals surface area (Å²) in [5.41, 5.74) is 1.01. The number of carbonyl (C=O) groups excluding carboxylic acids is 2. The molecule has 1 aliphatic rings. The van der Waals surface area contributed by atoms with Crippen LogP contribution in [0.25, 0.3) is 0 Å². The second-order valence-corrected chi connectivity index (χ2v) is 11.9. The van der Waals surface area contributed by atoms with E-state index in [4.69, 9.17) is 16.3 Å². The molecule has 8 nitrogen and oxygen atoms in total. The molecule has 1 aliphatic carbocycles. The Morgan fingerprint density at radius 3 is 2.29 bits per heavy atom. The van der Waals surface area contributed by atoms with Crippen LogP contribution in [0.2, 0.25) is 5.02 Å². The Kier molecular flexibility index (Phi) is 10.8. The van der Waals surface area contributed by atoms with Gasteiger partial charge in [-0.3, -0.25) is 13.9 Å². The number of halogens is 1. The highest BCUT2D eigenvalue weighted by Gasteiger charge is 2.33. The average Bonchev–Trinajstić information content (AvgIpc) is 2.89. The Bertz CT molecular complexity index is 1180. The van der Waals surface area contributed by atoms with Crippen molar-refractivity contribution in [2.24, 2.45) is 0 Å². The first-order chi connectivity index (χ1) is 18.1. The molecule has 0 aromatic heterocycles. The minimum atomic E-state index is -3.81. The monoisotopic (exact) mass is 563 g/mol. The zero-order valence-corrected chi connectivity index (χ0v) is 23.9. The van der Waals surface area contributed by atoms with Gasteiger partial charge in [-0.1, -0.05) is 56.0 Å². The highest BCUT2D eigenvalue weighted by molar-refractivity contribution is 7.92. The minimum Gasteiger partial charge on any atom is -0.494 e. The number of nitrogens with zero attached hydrogens (tertiary/aromatic N) is 2. The van der Waals surface area contributed by atoms with Crippen LogP contribution < -0.4 is 14.4 Å². The van der Waals surface area contributed by atoms with Gasteiger partial charge in [-0.05, 0) is 62.1 Å². The SMILES string of the molecule is CCOc1ccc(N(CC(=O)N(Cc2ccccc2Cl)C(CC)C(=O)NC2CCCCC2)S(C)(=O)=O)cc1. The molecular weight excluding hydrogens is 526 g/mol. The summed E-state index contributed by atoms with van der Waals surface area (Å²) in [6.45, 7) is 3.81. The van der Waals surface area contributed by atoms with Gasteiger partial charge in [-0.2, -0.15) is 0 Å². The van der Waals surface area contributed by atoms with E-state index in [1.54, 1.807) is 42.5 Å². The second kappa shape index (κ2) is 13.8. The summed E-state index contributed by atoms with van der Waals surface area (Å²) in [4.78, 5) is 28.7. The smallest absolute Gasteiger partial charge is 0.244 e. The predicted molar refractivity (Wildman–Crippen MR) is 151 cm³/mol. The van der Waals surface area contributed by atoms with Crippen molar-refractivity contribution in [3.8, 4) is 5.75 Å². The van der Waals surface area contributed by atoms with Gasteiger partial charge in [0, 0.05) is 17.6 Å². The van der Waals surface area contributed by atoms with E-state index in [1.165, 1.54) is 4.90 Å². The van der Waals surface area contributed by atoms with Crippen molar-refractivity contribution < 1.29 is 22.7 Å². The van der Waals surface area contributed by atoms with E-state index >= 15 is 0 Å². The Balaban J connectivity index is 1.90. The van der Waals surface area contributed by atoms with Crippen molar-refractivity contribution in [1.82, 2.24) is 10.2 Å². The van der Waals surface area contributed by atoms with Crippen molar-refractivity contribution in [1.29, 1.82) is 0 Å². The lowest BCUT2D eigenvalue weighted by Crippen LogP contribution is -2.54. The molecule has 0 spiro atoms. The number of sulfonamides is 1. The van der Waals surface area contributed by atoms with E-state index in [2.05, 4.69) is 5.32 Å². The first-order valence-corrected chi connectivity index (χ1v) is 15.4. The summed E-state index contributed by atoms with van der Waals surface area (Å²) in [5, 5.41) is 3.60. The van der Waals surface area contributed by atoms with Gasteiger partial charge in [0.05, 0.1) is 18.6 Å². The van der Waals surface area contributed by atoms with Gasteiger partial charge in [0.15, 0.2) is 0 Å². The van der Waals surface area contributed by atoms with E-state index in [9.17, 15) is 18.0 Å². The number of rotatable bonds is 12. The first-order valence-electron chi connectivity index (χ1n) is 13.2. The molecule has 1 saturated carbocycles. The molecule has 0 aliphatic heterocycles. The van der Waals surface area contributed by atoms with Crippen LogP contribution in [0.15, 0.2) is 48.5 Å². The van der Waals surface area contributed by atoms with Gasteiger partial charge in [0.25, 0.3) is 0 Å². The topological polar surface area (TPSA) is 96.0 Å². The van der Waals surface area contributed by atoms with Crippen LogP contribution in [0.1, 0.15) is 57.9 Å². The predicted octanol–water partition coefficient (Wildman–Crippen LogP) is 4.76. The first kappa shape index (κ1) is 29.8. The third kappa shape index (κ3) is 8.11. The largest absolute Gasteiger partial charge is 0.494 e. The lowest BCUT2D eigenvalue weighted by Gasteiger charge is -2.34. The second-order valence-electron chi connectivity index (χ2n) is 9.58. The molecule has 1 N–H and O–H groups in total. The third-order valence-corrected chi connectivity index (χ3v) is 8.26. The van der Waals surface area contributed by atoms with Gasteiger partial charge in [-0.25, -0.2) is 8.42 Å². The summed E-state index contributed by atoms with van der Waals surface area (Å²) in [6, 6.07) is 13.0. The number of hydrogen-bond donors (Lipinski definition) is 1. The minimum absolute atomic E-state index is 0.0793. The molecule has 1 atom stereocenters. The summed E-state index contributed by atoms with van der Waals surface area (Å²) in [7, 11) is -3.81. The van der Waals surface area contributed by atoms with E-state index in [-0.39, 0.29) is 18.5 Å². The molecule has 1 fully saturated rings. The van der Waals surface area contributed by atoms with Gasteiger partial charge >= 0.3 is 0 Å². The Labute approximate surface area is 231 Å². The molecule has 1 unspecified atom stereocenters. The number of nitrogens with one attached hydrogen (secondary N) is 1. The third-order valence-electron chi connectivity index (χ3n) is 6.75. The molecule has 10 heteroatoms. The number of benzene rings is 2. The standard InChI is InChI=1S/C28H38ClN3O5S/c1-4-26(28(34)30-22-12-7-6-8-13-22)31(19-21-11-9-10-14-25(21)29)27(33)20-32(38(3,35)36)23-15-17-24(18-16-23)37-5-2/h9-11,14-18,22,26H,4-8,12-13,19-20H2,1-3H3,(H,30,34). The zero-order chi connectivity index (χ0) is 27.7.